The average Bonchev–Trinajstić information content (AvgIpc) is 2.14. The van der Waals surface area contributed by atoms with E-state index in [4.69, 9.17) is 9.47 Å². The molecule has 0 saturated carbocycles. The van der Waals surface area contributed by atoms with E-state index in [1.165, 1.54) is 13.8 Å². The van der Waals surface area contributed by atoms with Gasteiger partial charge in [0.25, 0.3) is 0 Å². The minimum absolute atomic E-state index is 0.274. The van der Waals surface area contributed by atoms with Crippen molar-refractivity contribution in [3.05, 3.63) is 0 Å². The van der Waals surface area contributed by atoms with E-state index in [1.807, 2.05) is 0 Å². The third kappa shape index (κ3) is 7.79. The van der Waals surface area contributed by atoms with Crippen LogP contribution in [0.1, 0.15) is 20.3 Å². The fourth-order valence-electron chi connectivity index (χ4n) is 1.05. The van der Waals surface area contributed by atoms with Crippen LogP contribution >= 0.6 is 31.9 Å². The third-order valence-corrected chi connectivity index (χ3v) is 2.98. The first-order valence-corrected chi connectivity index (χ1v) is 6.70. The summed E-state index contributed by atoms with van der Waals surface area (Å²) in [6.45, 7) is 2.70. The highest BCUT2D eigenvalue weighted by Gasteiger charge is 2.19. The van der Waals surface area contributed by atoms with E-state index in [1.54, 1.807) is 0 Å². The lowest BCUT2D eigenvalue weighted by Gasteiger charge is -2.20. The van der Waals surface area contributed by atoms with Crippen LogP contribution in [0.25, 0.3) is 0 Å². The first kappa shape index (κ1) is 14.9. The summed E-state index contributed by atoms with van der Waals surface area (Å²) >= 11 is 6.47. The Morgan fingerprint density at radius 3 is 1.53 bits per heavy atom. The molecule has 0 N–H and O–H groups in total. The summed E-state index contributed by atoms with van der Waals surface area (Å²) < 4.78 is 10.0. The predicted molar refractivity (Wildman–Crippen MR) is 63.3 cm³/mol. The van der Waals surface area contributed by atoms with E-state index >= 15 is 0 Å². The monoisotopic (exact) mass is 344 g/mol. The van der Waals surface area contributed by atoms with Crippen LogP contribution in [-0.2, 0) is 19.1 Å². The van der Waals surface area contributed by atoms with Gasteiger partial charge in [-0.25, -0.2) is 0 Å². The maximum absolute atomic E-state index is 10.7. The Hall–Kier alpha value is -0.100. The van der Waals surface area contributed by atoms with Gasteiger partial charge in [-0.05, 0) is 0 Å². The molecule has 0 saturated heterocycles. The minimum Gasteiger partial charge on any atom is -0.462 e. The van der Waals surface area contributed by atoms with Crippen LogP contribution in [0.3, 0.4) is 0 Å². The first-order valence-electron chi connectivity index (χ1n) is 4.46. The summed E-state index contributed by atoms with van der Waals surface area (Å²) in [7, 11) is 0. The topological polar surface area (TPSA) is 52.6 Å². The van der Waals surface area contributed by atoms with Gasteiger partial charge in [0.05, 0.1) is 0 Å². The lowest BCUT2D eigenvalue weighted by molar-refractivity contribution is -0.150. The fourth-order valence-corrected chi connectivity index (χ4v) is 1.84. The molecule has 88 valence electrons. The summed E-state index contributed by atoms with van der Waals surface area (Å²) in [5, 5.41) is 1.05. The molecule has 2 atom stereocenters. The average molecular weight is 346 g/mol. The molecule has 0 amide bonds. The Kier molecular flexibility index (Phi) is 8.04. The van der Waals surface area contributed by atoms with Gasteiger partial charge in [-0.1, -0.05) is 31.9 Å². The zero-order chi connectivity index (χ0) is 11.8. The normalized spacial score (nSPS) is 14.1. The molecule has 6 heteroatoms. The van der Waals surface area contributed by atoms with Gasteiger partial charge in [-0.15, -0.1) is 0 Å². The van der Waals surface area contributed by atoms with E-state index in [0.29, 0.717) is 17.1 Å². The van der Waals surface area contributed by atoms with Gasteiger partial charge in [-0.3, -0.25) is 9.59 Å². The molecule has 0 aliphatic carbocycles. The number of ether oxygens (including phenoxy) is 2. The molecule has 0 rings (SSSR count). The van der Waals surface area contributed by atoms with E-state index in [9.17, 15) is 9.59 Å². The second kappa shape index (κ2) is 8.10. The van der Waals surface area contributed by atoms with Crippen molar-refractivity contribution < 1.29 is 19.1 Å². The highest BCUT2D eigenvalue weighted by atomic mass is 79.9. The molecule has 4 nitrogen and oxygen atoms in total. The standard InChI is InChI=1S/C9H14Br2O4/c1-6(12)14-8(4-10)3-9(5-11)15-7(2)13/h8-9H,3-5H2,1-2H3/t8-,9-/m0/s1. The number of halogens is 2. The molecule has 15 heavy (non-hydrogen) atoms. The Bertz CT molecular complexity index is 198. The molecule has 0 radical (unpaired) electrons. The molecular weight excluding hydrogens is 332 g/mol. The van der Waals surface area contributed by atoms with Crippen LogP contribution in [0.5, 0.6) is 0 Å². The zero-order valence-electron chi connectivity index (χ0n) is 8.66. The quantitative estimate of drug-likeness (QED) is 0.546. The molecule has 0 aromatic heterocycles. The lowest BCUT2D eigenvalue weighted by Crippen LogP contribution is -2.28. The molecule has 0 fully saturated rings. The smallest absolute Gasteiger partial charge is 0.302 e. The Morgan fingerprint density at radius 2 is 1.33 bits per heavy atom. The first-order chi connectivity index (χ1) is 6.99. The molecule has 0 aromatic rings. The minimum atomic E-state index is -0.337. The van der Waals surface area contributed by atoms with Gasteiger partial charge in [0, 0.05) is 30.9 Å². The summed E-state index contributed by atoms with van der Waals surface area (Å²) in [4.78, 5) is 21.5. The zero-order valence-corrected chi connectivity index (χ0v) is 11.8. The molecule has 0 spiro atoms. The van der Waals surface area contributed by atoms with Gasteiger partial charge in [0.2, 0.25) is 0 Å². The molecule has 0 aliphatic heterocycles. The number of hydrogen-bond donors (Lipinski definition) is 0. The Morgan fingerprint density at radius 1 is 1.00 bits per heavy atom. The summed E-state index contributed by atoms with van der Waals surface area (Å²) in [6.07, 6.45) is -0.0656. The second-order valence-electron chi connectivity index (χ2n) is 3.01. The van der Waals surface area contributed by atoms with Gasteiger partial charge in [-0.2, -0.15) is 0 Å². The van der Waals surface area contributed by atoms with Crippen LogP contribution < -0.4 is 0 Å². The van der Waals surface area contributed by atoms with Crippen molar-refractivity contribution in [1.82, 2.24) is 0 Å². The Balaban J connectivity index is 4.10. The fraction of sp³-hybridized carbons (Fsp3) is 0.778. The third-order valence-electron chi connectivity index (χ3n) is 1.54. The molecule has 0 bridgehead atoms. The molecular formula is C9H14Br2O4. The number of hydrogen-bond acceptors (Lipinski definition) is 4. The molecule has 0 aliphatic rings. The number of carbonyl (C=O) groups is 2. The highest BCUT2D eigenvalue weighted by molar-refractivity contribution is 9.09. The largest absolute Gasteiger partial charge is 0.462 e. The van der Waals surface area contributed by atoms with Crippen LogP contribution in [0, 0.1) is 0 Å². The van der Waals surface area contributed by atoms with Crippen molar-refractivity contribution in [3.8, 4) is 0 Å². The number of rotatable bonds is 6. The van der Waals surface area contributed by atoms with Crippen molar-refractivity contribution in [1.29, 1.82) is 0 Å². The highest BCUT2D eigenvalue weighted by Crippen LogP contribution is 2.12. The van der Waals surface area contributed by atoms with Gasteiger partial charge in [0.1, 0.15) is 12.2 Å². The van der Waals surface area contributed by atoms with Crippen molar-refractivity contribution in [2.75, 3.05) is 10.7 Å². The summed E-state index contributed by atoms with van der Waals surface area (Å²) in [6, 6.07) is 0. The van der Waals surface area contributed by atoms with Gasteiger partial charge < -0.3 is 9.47 Å². The molecule has 0 heterocycles. The van der Waals surface area contributed by atoms with Crippen LogP contribution in [0.2, 0.25) is 0 Å². The van der Waals surface area contributed by atoms with Crippen molar-refractivity contribution in [2.45, 2.75) is 32.5 Å². The number of carbonyl (C=O) groups excluding carboxylic acids is 2. The van der Waals surface area contributed by atoms with E-state index in [2.05, 4.69) is 31.9 Å². The predicted octanol–water partition coefficient (Wildman–Crippen LogP) is 2.03. The SMILES string of the molecule is CC(=O)O[C@H](CBr)C[C@@H](CBr)OC(C)=O. The molecule has 0 aromatic carbocycles. The lowest BCUT2D eigenvalue weighted by atomic mass is 10.2. The van der Waals surface area contributed by atoms with Gasteiger partial charge >= 0.3 is 11.9 Å². The summed E-state index contributed by atoms with van der Waals surface area (Å²) in [5.41, 5.74) is 0. The summed E-state index contributed by atoms with van der Waals surface area (Å²) in [5.74, 6) is -0.675. The Labute approximate surface area is 106 Å². The number of esters is 2. The van der Waals surface area contributed by atoms with E-state index in [0.717, 1.165) is 0 Å². The van der Waals surface area contributed by atoms with E-state index in [-0.39, 0.29) is 24.1 Å². The van der Waals surface area contributed by atoms with Crippen molar-refractivity contribution >= 4 is 43.8 Å². The maximum atomic E-state index is 10.7. The maximum Gasteiger partial charge on any atom is 0.302 e. The second-order valence-corrected chi connectivity index (χ2v) is 4.30. The van der Waals surface area contributed by atoms with Crippen molar-refractivity contribution in [2.24, 2.45) is 0 Å². The van der Waals surface area contributed by atoms with Gasteiger partial charge in [0.15, 0.2) is 0 Å². The van der Waals surface area contributed by atoms with Crippen LogP contribution in [0.15, 0.2) is 0 Å². The van der Waals surface area contributed by atoms with Crippen LogP contribution in [-0.4, -0.2) is 34.8 Å². The molecule has 0 unspecified atom stereocenters. The number of alkyl halides is 2. The van der Waals surface area contributed by atoms with E-state index < -0.39 is 0 Å². The van der Waals surface area contributed by atoms with Crippen LogP contribution in [0.4, 0.5) is 0 Å². The van der Waals surface area contributed by atoms with Crippen molar-refractivity contribution in [3.63, 3.8) is 0 Å².